The number of nitrogens with two attached hydrogens (primary N) is 1. The van der Waals surface area contributed by atoms with E-state index in [9.17, 15) is 0 Å². The lowest BCUT2D eigenvalue weighted by molar-refractivity contribution is -0.0941. The molecule has 0 radical (unpaired) electrons. The lowest BCUT2D eigenvalue weighted by Crippen LogP contribution is -2.22. The molecule has 0 bridgehead atoms. The summed E-state index contributed by atoms with van der Waals surface area (Å²) in [6.45, 7) is 2.47. The van der Waals surface area contributed by atoms with Crippen LogP contribution in [0.2, 0.25) is 0 Å². The van der Waals surface area contributed by atoms with Crippen LogP contribution >= 0.6 is 0 Å². The van der Waals surface area contributed by atoms with Gasteiger partial charge in [0.1, 0.15) is 6.10 Å². The van der Waals surface area contributed by atoms with Gasteiger partial charge < -0.3 is 19.7 Å². The molecule has 1 saturated heterocycles. The van der Waals surface area contributed by atoms with Crippen molar-refractivity contribution in [3.05, 3.63) is 11.7 Å². The third-order valence-electron chi connectivity index (χ3n) is 2.68. The largest absolute Gasteiger partial charge is 0.376 e. The zero-order valence-corrected chi connectivity index (χ0v) is 9.93. The highest BCUT2D eigenvalue weighted by Gasteiger charge is 2.22. The first kappa shape index (κ1) is 12.5. The summed E-state index contributed by atoms with van der Waals surface area (Å²) in [5, 5.41) is 3.92. The Morgan fingerprint density at radius 3 is 2.94 bits per heavy atom. The number of aryl methyl sites for hydroxylation is 1. The minimum atomic E-state index is -0.176. The maximum absolute atomic E-state index is 5.49. The number of unbranched alkanes of at least 4 members (excludes halogenated alkanes) is 2. The molecule has 0 spiro atoms. The van der Waals surface area contributed by atoms with Crippen LogP contribution in [-0.2, 0) is 15.9 Å². The first-order valence-electron chi connectivity index (χ1n) is 6.12. The molecule has 17 heavy (non-hydrogen) atoms. The minimum absolute atomic E-state index is 0.176. The summed E-state index contributed by atoms with van der Waals surface area (Å²) in [5.41, 5.74) is 5.43. The number of rotatable bonds is 6. The second-order valence-electron chi connectivity index (χ2n) is 4.08. The number of ether oxygens (including phenoxy) is 2. The van der Waals surface area contributed by atoms with E-state index in [2.05, 4.69) is 10.1 Å². The SMILES string of the molecule is NCCCCCc1nc(C2COCCO2)no1. The quantitative estimate of drug-likeness (QED) is 0.743. The third-order valence-corrected chi connectivity index (χ3v) is 2.68. The van der Waals surface area contributed by atoms with E-state index in [1.54, 1.807) is 0 Å². The molecule has 2 rings (SSSR count). The van der Waals surface area contributed by atoms with Gasteiger partial charge in [0.25, 0.3) is 0 Å². The van der Waals surface area contributed by atoms with E-state index in [1.807, 2.05) is 0 Å². The van der Waals surface area contributed by atoms with Crippen LogP contribution in [-0.4, -0.2) is 36.5 Å². The second kappa shape index (κ2) is 6.68. The highest BCUT2D eigenvalue weighted by molar-refractivity contribution is 4.92. The molecule has 6 heteroatoms. The maximum atomic E-state index is 5.49. The Hall–Kier alpha value is -0.980. The van der Waals surface area contributed by atoms with Crippen LogP contribution in [0.5, 0.6) is 0 Å². The highest BCUT2D eigenvalue weighted by Crippen LogP contribution is 2.18. The lowest BCUT2D eigenvalue weighted by Gasteiger charge is -2.19. The average molecular weight is 241 g/mol. The fraction of sp³-hybridized carbons (Fsp3) is 0.818. The van der Waals surface area contributed by atoms with Gasteiger partial charge in [-0.3, -0.25) is 0 Å². The topological polar surface area (TPSA) is 83.4 Å². The van der Waals surface area contributed by atoms with Crippen molar-refractivity contribution >= 4 is 0 Å². The molecule has 1 atom stereocenters. The maximum Gasteiger partial charge on any atom is 0.226 e. The van der Waals surface area contributed by atoms with E-state index in [0.717, 1.165) is 32.2 Å². The van der Waals surface area contributed by atoms with Crippen molar-refractivity contribution in [1.82, 2.24) is 10.1 Å². The van der Waals surface area contributed by atoms with E-state index in [-0.39, 0.29) is 6.10 Å². The summed E-state index contributed by atoms with van der Waals surface area (Å²) in [7, 11) is 0. The standard InChI is InChI=1S/C11H19N3O3/c12-5-3-1-2-4-10-13-11(14-17-10)9-8-15-6-7-16-9/h9H,1-8,12H2. The summed E-state index contributed by atoms with van der Waals surface area (Å²) in [6.07, 6.45) is 3.80. The fourth-order valence-electron chi connectivity index (χ4n) is 1.73. The molecule has 1 aliphatic rings. The van der Waals surface area contributed by atoms with Crippen molar-refractivity contribution in [2.75, 3.05) is 26.4 Å². The van der Waals surface area contributed by atoms with Gasteiger partial charge in [0, 0.05) is 6.42 Å². The molecule has 1 aliphatic heterocycles. The van der Waals surface area contributed by atoms with Crippen molar-refractivity contribution in [1.29, 1.82) is 0 Å². The minimum Gasteiger partial charge on any atom is -0.376 e. The summed E-state index contributed by atoms with van der Waals surface area (Å²) >= 11 is 0. The molecular formula is C11H19N3O3. The Kier molecular flexibility index (Phi) is 4.90. The van der Waals surface area contributed by atoms with Crippen LogP contribution in [0.1, 0.15) is 37.1 Å². The van der Waals surface area contributed by atoms with E-state index in [1.165, 1.54) is 0 Å². The number of nitrogens with zero attached hydrogens (tertiary/aromatic N) is 2. The molecule has 0 aliphatic carbocycles. The van der Waals surface area contributed by atoms with E-state index >= 15 is 0 Å². The smallest absolute Gasteiger partial charge is 0.226 e. The normalized spacial score (nSPS) is 20.6. The first-order chi connectivity index (χ1) is 8.40. The molecule has 2 N–H and O–H groups in total. The third kappa shape index (κ3) is 3.76. The van der Waals surface area contributed by atoms with Gasteiger partial charge in [0.05, 0.1) is 19.8 Å². The second-order valence-corrected chi connectivity index (χ2v) is 4.08. The van der Waals surface area contributed by atoms with E-state index in [4.69, 9.17) is 19.7 Å². The molecule has 0 saturated carbocycles. The first-order valence-corrected chi connectivity index (χ1v) is 6.12. The van der Waals surface area contributed by atoms with Gasteiger partial charge in [0.2, 0.25) is 11.7 Å². The van der Waals surface area contributed by atoms with Gasteiger partial charge in [0.15, 0.2) is 0 Å². The van der Waals surface area contributed by atoms with Crippen LogP contribution in [0.25, 0.3) is 0 Å². The molecule has 6 nitrogen and oxygen atoms in total. The van der Waals surface area contributed by atoms with Gasteiger partial charge in [-0.25, -0.2) is 0 Å². The molecule has 1 unspecified atom stereocenters. The molecule has 1 aromatic rings. The van der Waals surface area contributed by atoms with Gasteiger partial charge in [-0.1, -0.05) is 11.6 Å². The predicted octanol–water partition coefficient (Wildman–Crippen LogP) is 0.829. The molecule has 0 amide bonds. The monoisotopic (exact) mass is 241 g/mol. The molecule has 2 heterocycles. The fourth-order valence-corrected chi connectivity index (χ4v) is 1.73. The van der Waals surface area contributed by atoms with Crippen LogP contribution < -0.4 is 5.73 Å². The van der Waals surface area contributed by atoms with Crippen LogP contribution in [0.15, 0.2) is 4.52 Å². The molecular weight excluding hydrogens is 222 g/mol. The van der Waals surface area contributed by atoms with Gasteiger partial charge in [-0.2, -0.15) is 4.98 Å². The van der Waals surface area contributed by atoms with Crippen molar-refractivity contribution in [2.24, 2.45) is 5.73 Å². The van der Waals surface area contributed by atoms with E-state index < -0.39 is 0 Å². The van der Waals surface area contributed by atoms with Crippen molar-refractivity contribution < 1.29 is 14.0 Å². The van der Waals surface area contributed by atoms with Crippen molar-refractivity contribution in [3.8, 4) is 0 Å². The lowest BCUT2D eigenvalue weighted by atomic mass is 10.2. The molecule has 96 valence electrons. The Labute approximate surface area is 100 Å². The molecule has 0 aromatic carbocycles. The zero-order chi connectivity index (χ0) is 11.9. The van der Waals surface area contributed by atoms with Crippen LogP contribution in [0, 0.1) is 0 Å². The van der Waals surface area contributed by atoms with Gasteiger partial charge in [-0.15, -0.1) is 0 Å². The number of hydrogen-bond acceptors (Lipinski definition) is 6. The van der Waals surface area contributed by atoms with Crippen LogP contribution in [0.3, 0.4) is 0 Å². The predicted molar refractivity (Wildman–Crippen MR) is 60.4 cm³/mol. The Balaban J connectivity index is 1.78. The highest BCUT2D eigenvalue weighted by atomic mass is 16.6. The van der Waals surface area contributed by atoms with Crippen molar-refractivity contribution in [2.45, 2.75) is 31.8 Å². The van der Waals surface area contributed by atoms with Crippen LogP contribution in [0.4, 0.5) is 0 Å². The summed E-state index contributed by atoms with van der Waals surface area (Å²) in [4.78, 5) is 4.32. The Morgan fingerprint density at radius 2 is 2.18 bits per heavy atom. The average Bonchev–Trinajstić information content (AvgIpc) is 2.85. The zero-order valence-electron chi connectivity index (χ0n) is 9.93. The Morgan fingerprint density at radius 1 is 1.24 bits per heavy atom. The number of aromatic nitrogens is 2. The van der Waals surface area contributed by atoms with Gasteiger partial charge >= 0.3 is 0 Å². The summed E-state index contributed by atoms with van der Waals surface area (Å²) in [5.74, 6) is 1.27. The van der Waals surface area contributed by atoms with E-state index in [0.29, 0.717) is 31.5 Å². The van der Waals surface area contributed by atoms with Crippen molar-refractivity contribution in [3.63, 3.8) is 0 Å². The molecule has 1 fully saturated rings. The Bertz CT molecular complexity index is 324. The summed E-state index contributed by atoms with van der Waals surface area (Å²) in [6, 6.07) is 0. The van der Waals surface area contributed by atoms with Gasteiger partial charge in [-0.05, 0) is 19.4 Å². The summed E-state index contributed by atoms with van der Waals surface area (Å²) < 4.78 is 16.0. The molecule has 1 aromatic heterocycles. The number of hydrogen-bond donors (Lipinski definition) is 1.